The standard InChI is InChI=1S/C20H23N3O2/c1-25-18-8-7-15(12-21-18)14-23-10-4-9-20(23)11-16-5-2-3-6-17(16)13-22-19(20)24/h2-3,5-8,12H,4,9-11,13-14H2,1H3,(H,22,24). The smallest absolute Gasteiger partial charge is 0.241 e. The van der Waals surface area contributed by atoms with Gasteiger partial charge < -0.3 is 10.1 Å². The monoisotopic (exact) mass is 337 g/mol. The quantitative estimate of drug-likeness (QED) is 0.934. The molecule has 130 valence electrons. The van der Waals surface area contributed by atoms with Gasteiger partial charge in [-0.3, -0.25) is 9.69 Å². The number of benzene rings is 1. The molecule has 4 rings (SSSR count). The van der Waals surface area contributed by atoms with Gasteiger partial charge in [-0.25, -0.2) is 4.98 Å². The molecule has 1 atom stereocenters. The minimum atomic E-state index is -0.452. The van der Waals surface area contributed by atoms with Gasteiger partial charge in [0.25, 0.3) is 0 Å². The topological polar surface area (TPSA) is 54.5 Å². The van der Waals surface area contributed by atoms with Crippen molar-refractivity contribution in [3.05, 3.63) is 59.3 Å². The van der Waals surface area contributed by atoms with Gasteiger partial charge in [0, 0.05) is 31.8 Å². The number of pyridine rings is 1. The van der Waals surface area contributed by atoms with Crippen LogP contribution in [0.5, 0.6) is 5.88 Å². The van der Waals surface area contributed by atoms with Gasteiger partial charge in [-0.2, -0.15) is 0 Å². The van der Waals surface area contributed by atoms with Gasteiger partial charge in [0.2, 0.25) is 11.8 Å². The largest absolute Gasteiger partial charge is 0.481 e. The van der Waals surface area contributed by atoms with Crippen LogP contribution in [0.2, 0.25) is 0 Å². The maximum Gasteiger partial charge on any atom is 0.241 e. The molecule has 3 heterocycles. The molecular formula is C20H23N3O2. The summed E-state index contributed by atoms with van der Waals surface area (Å²) >= 11 is 0. The van der Waals surface area contributed by atoms with Gasteiger partial charge in [0.1, 0.15) is 5.54 Å². The molecule has 5 nitrogen and oxygen atoms in total. The summed E-state index contributed by atoms with van der Waals surface area (Å²) < 4.78 is 5.13. The predicted octanol–water partition coefficient (Wildman–Crippen LogP) is 2.30. The number of hydrogen-bond acceptors (Lipinski definition) is 4. The van der Waals surface area contributed by atoms with E-state index >= 15 is 0 Å². The maximum absolute atomic E-state index is 13.0. The van der Waals surface area contributed by atoms with Crippen LogP contribution < -0.4 is 10.1 Å². The lowest BCUT2D eigenvalue weighted by Gasteiger charge is -2.36. The van der Waals surface area contributed by atoms with E-state index in [9.17, 15) is 4.79 Å². The minimum absolute atomic E-state index is 0.155. The molecule has 1 aromatic heterocycles. The molecular weight excluding hydrogens is 314 g/mol. The van der Waals surface area contributed by atoms with Gasteiger partial charge in [-0.15, -0.1) is 0 Å². The van der Waals surface area contributed by atoms with E-state index in [2.05, 4.69) is 33.4 Å². The highest BCUT2D eigenvalue weighted by Crippen LogP contribution is 2.36. The summed E-state index contributed by atoms with van der Waals surface area (Å²) in [6, 6.07) is 12.3. The third-order valence-electron chi connectivity index (χ3n) is 5.47. The first-order valence-electron chi connectivity index (χ1n) is 8.80. The average Bonchev–Trinajstić information content (AvgIpc) is 2.97. The van der Waals surface area contributed by atoms with Crippen LogP contribution in [0, 0.1) is 0 Å². The Labute approximate surface area is 148 Å². The number of nitrogens with zero attached hydrogens (tertiary/aromatic N) is 2. The molecule has 2 aliphatic heterocycles. The molecule has 1 N–H and O–H groups in total. The molecule has 0 saturated carbocycles. The Morgan fingerprint density at radius 1 is 1.24 bits per heavy atom. The Morgan fingerprint density at radius 2 is 2.08 bits per heavy atom. The lowest BCUT2D eigenvalue weighted by Crippen LogP contribution is -2.55. The van der Waals surface area contributed by atoms with Crippen LogP contribution in [-0.4, -0.2) is 35.0 Å². The van der Waals surface area contributed by atoms with Crippen molar-refractivity contribution in [3.63, 3.8) is 0 Å². The van der Waals surface area contributed by atoms with Crippen LogP contribution in [0.15, 0.2) is 42.6 Å². The lowest BCUT2D eigenvalue weighted by molar-refractivity contribution is -0.132. The Hall–Kier alpha value is -2.40. The molecule has 0 aliphatic carbocycles. The Bertz CT molecular complexity index is 775. The highest BCUT2D eigenvalue weighted by atomic mass is 16.5. The number of carbonyl (C=O) groups excluding carboxylic acids is 1. The number of hydrogen-bond donors (Lipinski definition) is 1. The first-order chi connectivity index (χ1) is 12.2. The molecule has 0 radical (unpaired) electrons. The number of likely N-dealkylation sites (tertiary alicyclic amines) is 1. The van der Waals surface area contributed by atoms with Crippen LogP contribution >= 0.6 is 0 Å². The van der Waals surface area contributed by atoms with Crippen molar-refractivity contribution in [1.82, 2.24) is 15.2 Å². The summed E-state index contributed by atoms with van der Waals surface area (Å²) in [7, 11) is 1.62. The second-order valence-electron chi connectivity index (χ2n) is 6.89. The van der Waals surface area contributed by atoms with Gasteiger partial charge >= 0.3 is 0 Å². The number of rotatable bonds is 3. The van der Waals surface area contributed by atoms with Crippen molar-refractivity contribution in [2.24, 2.45) is 0 Å². The van der Waals surface area contributed by atoms with E-state index in [4.69, 9.17) is 4.74 Å². The van der Waals surface area contributed by atoms with Gasteiger partial charge in [-0.1, -0.05) is 30.3 Å². The van der Waals surface area contributed by atoms with E-state index in [-0.39, 0.29) is 5.91 Å². The van der Waals surface area contributed by atoms with Crippen LogP contribution in [0.4, 0.5) is 0 Å². The second kappa shape index (κ2) is 6.48. The predicted molar refractivity (Wildman–Crippen MR) is 95.2 cm³/mol. The van der Waals surface area contributed by atoms with E-state index in [1.54, 1.807) is 7.11 Å². The van der Waals surface area contributed by atoms with E-state index in [1.807, 2.05) is 24.4 Å². The molecule has 25 heavy (non-hydrogen) atoms. The molecule has 1 fully saturated rings. The Kier molecular flexibility index (Phi) is 4.17. The van der Waals surface area contributed by atoms with Gasteiger partial charge in [0.05, 0.1) is 7.11 Å². The zero-order chi connectivity index (χ0) is 17.3. The number of ether oxygens (including phenoxy) is 1. The normalized spacial score (nSPS) is 23.2. The molecule has 1 amide bonds. The zero-order valence-corrected chi connectivity index (χ0v) is 14.5. The van der Waals surface area contributed by atoms with E-state index < -0.39 is 5.54 Å². The number of amides is 1. The van der Waals surface area contributed by atoms with Crippen LogP contribution in [0.25, 0.3) is 0 Å². The molecule has 1 saturated heterocycles. The number of nitrogens with one attached hydrogen (secondary N) is 1. The third-order valence-corrected chi connectivity index (χ3v) is 5.47. The van der Waals surface area contributed by atoms with E-state index in [1.165, 1.54) is 11.1 Å². The van der Waals surface area contributed by atoms with E-state index in [0.29, 0.717) is 12.4 Å². The maximum atomic E-state index is 13.0. The van der Waals surface area contributed by atoms with Crippen molar-refractivity contribution in [2.75, 3.05) is 13.7 Å². The SMILES string of the molecule is COc1ccc(CN2CCCC23Cc2ccccc2CNC3=O)cn1. The molecule has 1 aromatic carbocycles. The van der Waals surface area contributed by atoms with Gasteiger partial charge in [0.15, 0.2) is 0 Å². The second-order valence-corrected chi connectivity index (χ2v) is 6.89. The number of carbonyl (C=O) groups is 1. The Balaban J connectivity index is 1.63. The molecule has 0 bridgehead atoms. The molecule has 5 heteroatoms. The number of fused-ring (bicyclic) bond motifs is 1. The van der Waals surface area contributed by atoms with E-state index in [0.717, 1.165) is 37.9 Å². The number of aromatic nitrogens is 1. The van der Waals surface area contributed by atoms with Crippen molar-refractivity contribution >= 4 is 5.91 Å². The summed E-state index contributed by atoms with van der Waals surface area (Å²) in [6.07, 6.45) is 4.56. The fourth-order valence-corrected chi connectivity index (χ4v) is 4.11. The minimum Gasteiger partial charge on any atom is -0.481 e. The van der Waals surface area contributed by atoms with Crippen molar-refractivity contribution in [3.8, 4) is 5.88 Å². The van der Waals surface area contributed by atoms with Crippen LogP contribution in [0.3, 0.4) is 0 Å². The van der Waals surface area contributed by atoms with Crippen molar-refractivity contribution in [2.45, 2.75) is 37.9 Å². The van der Waals surface area contributed by atoms with Gasteiger partial charge in [-0.05, 0) is 36.1 Å². The summed E-state index contributed by atoms with van der Waals surface area (Å²) in [5.41, 5.74) is 3.16. The number of methoxy groups -OCH3 is 1. The highest BCUT2D eigenvalue weighted by molar-refractivity contribution is 5.87. The summed E-state index contributed by atoms with van der Waals surface area (Å²) in [5, 5.41) is 3.15. The van der Waals surface area contributed by atoms with Crippen molar-refractivity contribution < 1.29 is 9.53 Å². The Morgan fingerprint density at radius 3 is 2.84 bits per heavy atom. The lowest BCUT2D eigenvalue weighted by atomic mass is 9.86. The first-order valence-corrected chi connectivity index (χ1v) is 8.80. The molecule has 2 aromatic rings. The fourth-order valence-electron chi connectivity index (χ4n) is 4.11. The molecule has 2 aliphatic rings. The summed E-state index contributed by atoms with van der Waals surface area (Å²) in [4.78, 5) is 19.6. The highest BCUT2D eigenvalue weighted by Gasteiger charge is 2.48. The molecule has 1 spiro atoms. The zero-order valence-electron chi connectivity index (χ0n) is 14.5. The van der Waals surface area contributed by atoms with Crippen LogP contribution in [0.1, 0.15) is 29.5 Å². The van der Waals surface area contributed by atoms with Crippen molar-refractivity contribution in [1.29, 1.82) is 0 Å². The first kappa shape index (κ1) is 16.1. The van der Waals surface area contributed by atoms with Crippen LogP contribution in [-0.2, 0) is 24.3 Å². The third kappa shape index (κ3) is 2.89. The fraction of sp³-hybridized carbons (Fsp3) is 0.400. The average molecular weight is 337 g/mol. The summed E-state index contributed by atoms with van der Waals surface area (Å²) in [6.45, 7) is 2.28. The summed E-state index contributed by atoms with van der Waals surface area (Å²) in [5.74, 6) is 0.767. The molecule has 1 unspecified atom stereocenters.